The summed E-state index contributed by atoms with van der Waals surface area (Å²) in [5.74, 6) is 0.576. The van der Waals surface area contributed by atoms with E-state index in [1.807, 2.05) is 38.1 Å². The van der Waals surface area contributed by atoms with Gasteiger partial charge in [0, 0.05) is 23.8 Å². The number of carbonyl (C=O) groups is 1. The maximum absolute atomic E-state index is 13.2. The van der Waals surface area contributed by atoms with Crippen molar-refractivity contribution in [2.45, 2.75) is 39.2 Å². The van der Waals surface area contributed by atoms with E-state index in [1.54, 1.807) is 13.2 Å². The average Bonchev–Trinajstić information content (AvgIpc) is 3.17. The molecule has 2 aromatic heterocycles. The lowest BCUT2D eigenvalue weighted by Gasteiger charge is -2.29. The van der Waals surface area contributed by atoms with Crippen LogP contribution in [0.1, 0.15) is 42.2 Å². The maximum Gasteiger partial charge on any atom is 0.259 e. The van der Waals surface area contributed by atoms with Gasteiger partial charge in [0.15, 0.2) is 0 Å². The van der Waals surface area contributed by atoms with Gasteiger partial charge in [0.05, 0.1) is 18.1 Å². The first-order chi connectivity index (χ1) is 14.5. The van der Waals surface area contributed by atoms with Gasteiger partial charge in [-0.25, -0.2) is 4.98 Å². The van der Waals surface area contributed by atoms with E-state index in [-0.39, 0.29) is 11.9 Å². The first-order valence-corrected chi connectivity index (χ1v) is 10.5. The Hall–Kier alpha value is -2.93. The number of hydrogen-bond acceptors (Lipinski definition) is 6. The summed E-state index contributed by atoms with van der Waals surface area (Å²) in [5, 5.41) is 7.99. The van der Waals surface area contributed by atoms with Gasteiger partial charge >= 0.3 is 0 Å². The molecular weight excluding hydrogens is 380 g/mol. The number of fused-ring (bicyclic) bond motifs is 1. The van der Waals surface area contributed by atoms with Crippen LogP contribution in [-0.4, -0.2) is 53.7 Å². The van der Waals surface area contributed by atoms with Crippen molar-refractivity contribution in [3.8, 4) is 17.0 Å². The summed E-state index contributed by atoms with van der Waals surface area (Å²) in [4.78, 5) is 20.1. The van der Waals surface area contributed by atoms with E-state index in [9.17, 15) is 4.79 Å². The zero-order valence-corrected chi connectivity index (χ0v) is 17.8. The highest BCUT2D eigenvalue weighted by molar-refractivity contribution is 6.09. The van der Waals surface area contributed by atoms with E-state index >= 15 is 0 Å². The molecule has 1 amide bonds. The number of likely N-dealkylation sites (tertiary alicyclic amines) is 1. The van der Waals surface area contributed by atoms with Gasteiger partial charge < -0.3 is 19.5 Å². The number of amides is 1. The van der Waals surface area contributed by atoms with E-state index < -0.39 is 0 Å². The number of aryl methyl sites for hydroxylation is 1. The second kappa shape index (κ2) is 8.83. The van der Waals surface area contributed by atoms with Crippen molar-refractivity contribution < 1.29 is 14.1 Å². The van der Waals surface area contributed by atoms with Crippen molar-refractivity contribution in [3.63, 3.8) is 0 Å². The fraction of sp³-hybridized carbons (Fsp3) is 0.435. The first kappa shape index (κ1) is 20.3. The monoisotopic (exact) mass is 408 g/mol. The summed E-state index contributed by atoms with van der Waals surface area (Å²) in [6.07, 6.45) is 3.76. The number of rotatable bonds is 6. The highest BCUT2D eigenvalue weighted by Crippen LogP contribution is 2.32. The van der Waals surface area contributed by atoms with Crippen LogP contribution < -0.4 is 10.1 Å². The van der Waals surface area contributed by atoms with Crippen molar-refractivity contribution in [3.05, 3.63) is 41.6 Å². The third kappa shape index (κ3) is 4.31. The Labute approximate surface area is 176 Å². The number of nitrogens with zero attached hydrogens (tertiary/aromatic N) is 3. The van der Waals surface area contributed by atoms with Gasteiger partial charge in [0.1, 0.15) is 11.4 Å². The number of hydrogen-bond donors (Lipinski definition) is 1. The zero-order valence-electron chi connectivity index (χ0n) is 17.8. The molecule has 1 saturated heterocycles. The number of pyridine rings is 1. The summed E-state index contributed by atoms with van der Waals surface area (Å²) in [5.41, 5.74) is 3.01. The zero-order chi connectivity index (χ0) is 21.1. The van der Waals surface area contributed by atoms with Crippen LogP contribution in [-0.2, 0) is 0 Å². The summed E-state index contributed by atoms with van der Waals surface area (Å²) >= 11 is 0. The predicted molar refractivity (Wildman–Crippen MR) is 116 cm³/mol. The molecule has 1 aromatic carbocycles. The van der Waals surface area contributed by atoms with E-state index in [2.05, 4.69) is 20.4 Å². The second-order valence-electron chi connectivity index (χ2n) is 7.99. The van der Waals surface area contributed by atoms with Gasteiger partial charge in [-0.1, -0.05) is 23.7 Å². The molecule has 7 heteroatoms. The van der Waals surface area contributed by atoms with Gasteiger partial charge in [-0.3, -0.25) is 4.79 Å². The van der Waals surface area contributed by atoms with E-state index in [1.165, 1.54) is 19.3 Å². The molecule has 1 aliphatic heterocycles. The van der Waals surface area contributed by atoms with Crippen LogP contribution in [0.4, 0.5) is 0 Å². The van der Waals surface area contributed by atoms with Crippen molar-refractivity contribution in [1.82, 2.24) is 20.4 Å². The summed E-state index contributed by atoms with van der Waals surface area (Å²) in [6.45, 7) is 6.95. The lowest BCUT2D eigenvalue weighted by molar-refractivity contribution is 0.0927. The lowest BCUT2D eigenvalue weighted by atomic mass is 10.0. The van der Waals surface area contributed by atoms with Gasteiger partial charge in [-0.05, 0) is 58.0 Å². The van der Waals surface area contributed by atoms with Crippen LogP contribution in [0, 0.1) is 6.92 Å². The third-order valence-corrected chi connectivity index (χ3v) is 5.52. The van der Waals surface area contributed by atoms with E-state index in [4.69, 9.17) is 9.26 Å². The summed E-state index contributed by atoms with van der Waals surface area (Å²) < 4.78 is 10.8. The minimum Gasteiger partial charge on any atom is -0.497 e. The highest BCUT2D eigenvalue weighted by atomic mass is 16.5. The number of benzene rings is 1. The Morgan fingerprint density at radius 2 is 2.07 bits per heavy atom. The predicted octanol–water partition coefficient (Wildman–Crippen LogP) is 3.81. The third-order valence-electron chi connectivity index (χ3n) is 5.52. The molecule has 4 rings (SSSR count). The Bertz CT molecular complexity index is 1040. The number of piperidine rings is 1. The summed E-state index contributed by atoms with van der Waals surface area (Å²) in [7, 11) is 1.62. The fourth-order valence-corrected chi connectivity index (χ4v) is 4.10. The number of ether oxygens (including phenoxy) is 1. The molecule has 0 bridgehead atoms. The molecule has 158 valence electrons. The van der Waals surface area contributed by atoms with Crippen LogP contribution in [0.15, 0.2) is 34.9 Å². The molecule has 1 atom stereocenters. The molecule has 0 radical (unpaired) electrons. The Kier molecular flexibility index (Phi) is 5.99. The maximum atomic E-state index is 13.2. The van der Waals surface area contributed by atoms with Crippen molar-refractivity contribution in [2.24, 2.45) is 0 Å². The van der Waals surface area contributed by atoms with E-state index in [0.29, 0.717) is 33.8 Å². The van der Waals surface area contributed by atoms with Gasteiger partial charge in [0.2, 0.25) is 0 Å². The summed E-state index contributed by atoms with van der Waals surface area (Å²) in [6, 6.07) is 9.38. The number of nitrogens with one attached hydrogen (secondary N) is 1. The first-order valence-electron chi connectivity index (χ1n) is 10.5. The van der Waals surface area contributed by atoms with Crippen LogP contribution in [0.25, 0.3) is 22.4 Å². The Morgan fingerprint density at radius 3 is 2.83 bits per heavy atom. The largest absolute Gasteiger partial charge is 0.497 e. The number of carbonyl (C=O) groups excluding carboxylic acids is 1. The van der Waals surface area contributed by atoms with Crippen molar-refractivity contribution in [1.29, 1.82) is 0 Å². The van der Waals surface area contributed by atoms with Gasteiger partial charge in [0.25, 0.3) is 11.6 Å². The Balaban J connectivity index is 1.64. The standard InChI is InChI=1S/C23H28N4O3/c1-15-12-19(22(28)24-16(2)14-27-10-5-4-6-11-27)20-21(26-30-23(20)25-15)17-8-7-9-18(13-17)29-3/h7-9,12-13,16H,4-6,10-11,14H2,1-3H3,(H,24,28). The molecule has 30 heavy (non-hydrogen) atoms. The average molecular weight is 409 g/mol. The molecule has 1 aliphatic rings. The molecular formula is C23H28N4O3. The smallest absolute Gasteiger partial charge is 0.259 e. The molecule has 0 spiro atoms. The molecule has 0 aliphatic carbocycles. The molecule has 3 heterocycles. The molecule has 1 N–H and O–H groups in total. The molecule has 3 aromatic rings. The minimum absolute atomic E-state index is 0.0410. The van der Waals surface area contributed by atoms with E-state index in [0.717, 1.165) is 25.2 Å². The molecule has 7 nitrogen and oxygen atoms in total. The van der Waals surface area contributed by atoms with Crippen molar-refractivity contribution >= 4 is 17.0 Å². The van der Waals surface area contributed by atoms with Crippen LogP contribution in [0.2, 0.25) is 0 Å². The quantitative estimate of drug-likeness (QED) is 0.668. The lowest BCUT2D eigenvalue weighted by Crippen LogP contribution is -2.43. The molecule has 1 unspecified atom stereocenters. The topological polar surface area (TPSA) is 80.5 Å². The molecule has 1 fully saturated rings. The Morgan fingerprint density at radius 1 is 1.27 bits per heavy atom. The van der Waals surface area contributed by atoms with Crippen LogP contribution in [0.3, 0.4) is 0 Å². The fourth-order valence-electron chi connectivity index (χ4n) is 4.10. The highest BCUT2D eigenvalue weighted by Gasteiger charge is 2.23. The van der Waals surface area contributed by atoms with Gasteiger partial charge in [-0.15, -0.1) is 0 Å². The SMILES string of the molecule is COc1cccc(-c2noc3nc(C)cc(C(=O)NC(C)CN4CCCCC4)c23)c1. The second-order valence-corrected chi connectivity index (χ2v) is 7.99. The van der Waals surface area contributed by atoms with Crippen LogP contribution in [0.5, 0.6) is 5.75 Å². The van der Waals surface area contributed by atoms with Crippen LogP contribution >= 0.6 is 0 Å². The normalized spacial score (nSPS) is 15.8. The number of aromatic nitrogens is 2. The van der Waals surface area contributed by atoms with Gasteiger partial charge in [-0.2, -0.15) is 0 Å². The van der Waals surface area contributed by atoms with Crippen molar-refractivity contribution in [2.75, 3.05) is 26.7 Å². The molecule has 0 saturated carbocycles. The minimum atomic E-state index is -0.137. The number of methoxy groups -OCH3 is 1.